The average molecular weight is 459 g/mol. The minimum absolute atomic E-state index is 0. The average Bonchev–Trinajstić information content (AvgIpc) is 2.68. The third kappa shape index (κ3) is 14.7. The molecular formula is C22H39KN6O2. The van der Waals surface area contributed by atoms with Crippen molar-refractivity contribution in [2.75, 3.05) is 44.5 Å². The van der Waals surface area contributed by atoms with Crippen LogP contribution in [0.1, 0.15) is 66.4 Å². The number of nitrogen functional groups attached to an aromatic ring is 1. The van der Waals surface area contributed by atoms with Gasteiger partial charge < -0.3 is 25.6 Å². The van der Waals surface area contributed by atoms with Gasteiger partial charge in [-0.05, 0) is 27.2 Å². The SMILES string of the molecule is CC.CCCN(C)c1nc(N)ncc1C#CCCC[N-]CN(C)C(=O)OC(C)(C)C.[K+]. The smallest absolute Gasteiger partial charge is 0.645 e. The summed E-state index contributed by atoms with van der Waals surface area (Å²) in [5.74, 6) is 7.26. The zero-order chi connectivity index (χ0) is 23.2. The van der Waals surface area contributed by atoms with Gasteiger partial charge in [-0.1, -0.05) is 45.7 Å². The van der Waals surface area contributed by atoms with Crippen LogP contribution in [0.5, 0.6) is 0 Å². The van der Waals surface area contributed by atoms with E-state index in [2.05, 4.69) is 34.0 Å². The van der Waals surface area contributed by atoms with Gasteiger partial charge in [-0.2, -0.15) is 4.98 Å². The maximum absolute atomic E-state index is 11.8. The van der Waals surface area contributed by atoms with E-state index in [1.165, 1.54) is 4.90 Å². The molecule has 1 rings (SSSR count). The Hall–Kier alpha value is -0.894. The molecule has 0 aromatic carbocycles. The van der Waals surface area contributed by atoms with Gasteiger partial charge in [0.2, 0.25) is 5.95 Å². The molecule has 9 heteroatoms. The summed E-state index contributed by atoms with van der Waals surface area (Å²) in [6.07, 6.45) is 3.80. The van der Waals surface area contributed by atoms with Crippen LogP contribution in [-0.2, 0) is 4.74 Å². The van der Waals surface area contributed by atoms with Crippen LogP contribution in [0, 0.1) is 11.8 Å². The molecule has 0 saturated heterocycles. The van der Waals surface area contributed by atoms with Gasteiger partial charge in [0.15, 0.2) is 0 Å². The van der Waals surface area contributed by atoms with Gasteiger partial charge in [-0.3, -0.25) is 0 Å². The van der Waals surface area contributed by atoms with E-state index in [9.17, 15) is 4.79 Å². The van der Waals surface area contributed by atoms with E-state index in [1.807, 2.05) is 46.6 Å². The van der Waals surface area contributed by atoms with Crippen LogP contribution in [-0.4, -0.2) is 60.4 Å². The van der Waals surface area contributed by atoms with Crippen molar-refractivity contribution < 1.29 is 60.9 Å². The summed E-state index contributed by atoms with van der Waals surface area (Å²) < 4.78 is 5.28. The molecule has 1 aromatic rings. The van der Waals surface area contributed by atoms with E-state index in [4.69, 9.17) is 10.5 Å². The number of carbonyl (C=O) groups excluding carboxylic acids is 1. The van der Waals surface area contributed by atoms with Gasteiger partial charge in [-0.25, -0.2) is 9.78 Å². The minimum atomic E-state index is -0.503. The number of unbranched alkanes of at least 4 members (excludes halogenated alkanes) is 1. The number of rotatable bonds is 8. The Morgan fingerprint density at radius 2 is 1.94 bits per heavy atom. The summed E-state index contributed by atoms with van der Waals surface area (Å²) in [7, 11) is 3.64. The molecule has 170 valence electrons. The van der Waals surface area contributed by atoms with Crippen molar-refractivity contribution in [1.29, 1.82) is 0 Å². The summed E-state index contributed by atoms with van der Waals surface area (Å²) in [6.45, 7) is 13.4. The zero-order valence-corrected chi connectivity index (χ0v) is 24.1. The summed E-state index contributed by atoms with van der Waals surface area (Å²) in [6, 6.07) is 0. The van der Waals surface area contributed by atoms with E-state index in [0.717, 1.165) is 30.8 Å². The topological polar surface area (TPSA) is 98.7 Å². The molecule has 0 aliphatic heterocycles. The second kappa shape index (κ2) is 17.6. The molecule has 0 aliphatic rings. The molecule has 0 aliphatic carbocycles. The third-order valence-corrected chi connectivity index (χ3v) is 3.57. The first-order valence-corrected chi connectivity index (χ1v) is 10.5. The van der Waals surface area contributed by atoms with Crippen molar-refractivity contribution in [1.82, 2.24) is 14.9 Å². The number of ether oxygens (including phenoxy) is 1. The molecule has 0 unspecified atom stereocenters. The van der Waals surface area contributed by atoms with Crippen LogP contribution in [0.15, 0.2) is 6.20 Å². The molecule has 1 heterocycles. The van der Waals surface area contributed by atoms with Crippen LogP contribution < -0.4 is 62.0 Å². The van der Waals surface area contributed by atoms with E-state index in [0.29, 0.717) is 19.6 Å². The Labute approximate surface area is 231 Å². The number of carbonyl (C=O) groups is 1. The number of hydrogen-bond donors (Lipinski definition) is 1. The summed E-state index contributed by atoms with van der Waals surface area (Å²) in [5, 5.41) is 4.36. The molecule has 0 spiro atoms. The first-order chi connectivity index (χ1) is 14.1. The van der Waals surface area contributed by atoms with Gasteiger partial charge in [0, 0.05) is 27.1 Å². The number of nitrogens with zero attached hydrogens (tertiary/aromatic N) is 5. The number of hydrogen-bond acceptors (Lipinski definition) is 6. The normalized spacial score (nSPS) is 9.94. The van der Waals surface area contributed by atoms with Gasteiger partial charge in [-0.15, -0.1) is 6.54 Å². The van der Waals surface area contributed by atoms with E-state index < -0.39 is 5.60 Å². The quantitative estimate of drug-likeness (QED) is 0.358. The Morgan fingerprint density at radius 3 is 2.52 bits per heavy atom. The number of aromatic nitrogens is 2. The van der Waals surface area contributed by atoms with Crippen LogP contribution in [0.4, 0.5) is 16.6 Å². The largest absolute Gasteiger partial charge is 1.00 e. The van der Waals surface area contributed by atoms with E-state index >= 15 is 0 Å². The van der Waals surface area contributed by atoms with Crippen LogP contribution in [0.2, 0.25) is 0 Å². The third-order valence-electron chi connectivity index (χ3n) is 3.57. The van der Waals surface area contributed by atoms with Crippen LogP contribution in [0.25, 0.3) is 5.32 Å². The zero-order valence-electron chi connectivity index (χ0n) is 20.9. The number of amides is 1. The Morgan fingerprint density at radius 1 is 1.29 bits per heavy atom. The summed E-state index contributed by atoms with van der Waals surface area (Å²) in [5.41, 5.74) is 5.97. The fourth-order valence-corrected chi connectivity index (χ4v) is 2.26. The van der Waals surface area contributed by atoms with Crippen molar-refractivity contribution in [2.24, 2.45) is 0 Å². The number of nitrogens with two attached hydrogens (primary N) is 1. The van der Waals surface area contributed by atoms with Crippen molar-refractivity contribution in [3.05, 3.63) is 17.1 Å². The maximum Gasteiger partial charge on any atom is 1.00 e. The first kappa shape index (κ1) is 32.3. The van der Waals surface area contributed by atoms with E-state index in [-0.39, 0.29) is 63.4 Å². The van der Waals surface area contributed by atoms with Crippen molar-refractivity contribution in [3.63, 3.8) is 0 Å². The summed E-state index contributed by atoms with van der Waals surface area (Å²) in [4.78, 5) is 23.7. The van der Waals surface area contributed by atoms with Crippen LogP contribution >= 0.6 is 0 Å². The first-order valence-electron chi connectivity index (χ1n) is 10.5. The number of anilines is 2. The molecule has 1 amide bonds. The molecule has 0 fully saturated rings. The van der Waals surface area contributed by atoms with Crippen molar-refractivity contribution in [2.45, 2.75) is 66.4 Å². The molecule has 2 N–H and O–H groups in total. The predicted octanol–water partition coefficient (Wildman–Crippen LogP) is 1.27. The monoisotopic (exact) mass is 458 g/mol. The van der Waals surface area contributed by atoms with Gasteiger partial charge in [0.05, 0.1) is 11.8 Å². The predicted molar refractivity (Wildman–Crippen MR) is 125 cm³/mol. The maximum atomic E-state index is 11.8. The summed E-state index contributed by atoms with van der Waals surface area (Å²) >= 11 is 0. The fraction of sp³-hybridized carbons (Fsp3) is 0.682. The molecule has 31 heavy (non-hydrogen) atoms. The molecule has 0 saturated carbocycles. The van der Waals surface area contributed by atoms with Gasteiger partial charge in [0.1, 0.15) is 11.4 Å². The minimum Gasteiger partial charge on any atom is -0.645 e. The van der Waals surface area contributed by atoms with Crippen molar-refractivity contribution >= 4 is 17.9 Å². The molecule has 0 radical (unpaired) electrons. The Kier molecular flexibility index (Phi) is 18.4. The molecule has 1 aromatic heterocycles. The molecular weight excluding hydrogens is 419 g/mol. The molecule has 0 bridgehead atoms. The Balaban J connectivity index is 0. The molecule has 8 nitrogen and oxygen atoms in total. The van der Waals surface area contributed by atoms with Gasteiger partial charge >= 0.3 is 57.5 Å². The fourth-order valence-electron chi connectivity index (χ4n) is 2.26. The standard InChI is InChI=1S/C20H33N6O2.C2H6.K/c1-7-13-25(5)17-16(14-23-18(21)24-17)11-9-8-10-12-22-15-26(6)19(27)28-20(2,3)4;1-2;/h14H,7-8,10,12-13,15H2,1-6H3,(H2,21,23,24);1-2H3;/q-1;;+1. The second-order valence-corrected chi connectivity index (χ2v) is 7.56. The van der Waals surface area contributed by atoms with Crippen molar-refractivity contribution in [3.8, 4) is 11.8 Å². The van der Waals surface area contributed by atoms with Gasteiger partial charge in [0.25, 0.3) is 0 Å². The Bertz CT molecular complexity index is 697. The van der Waals surface area contributed by atoms with E-state index in [1.54, 1.807) is 13.2 Å². The van der Waals surface area contributed by atoms with Crippen LogP contribution in [0.3, 0.4) is 0 Å². The second-order valence-electron chi connectivity index (χ2n) is 7.56. The molecule has 0 atom stereocenters.